The quantitative estimate of drug-likeness (QED) is 0.598. The van der Waals surface area contributed by atoms with Crippen LogP contribution in [-0.4, -0.2) is 30.7 Å². The zero-order valence-electron chi connectivity index (χ0n) is 11.6. The van der Waals surface area contributed by atoms with Gasteiger partial charge in [0.05, 0.1) is 6.54 Å². The number of aliphatic hydroxyl groups is 1. The number of amides is 1. The Bertz CT molecular complexity index is 380. The lowest BCUT2D eigenvalue weighted by Gasteiger charge is -2.08. The Kier molecular flexibility index (Phi) is 7.86. The number of aliphatic hydroxyl groups excluding tert-OH is 1. The van der Waals surface area contributed by atoms with Crippen molar-refractivity contribution in [3.8, 4) is 0 Å². The van der Waals surface area contributed by atoms with E-state index in [2.05, 4.69) is 10.6 Å². The first-order valence-corrected chi connectivity index (χ1v) is 6.91. The summed E-state index contributed by atoms with van der Waals surface area (Å²) in [5, 5.41) is 14.6. The van der Waals surface area contributed by atoms with Crippen LogP contribution in [0.2, 0.25) is 0 Å². The first-order valence-electron chi connectivity index (χ1n) is 6.91. The van der Waals surface area contributed by atoms with Crippen molar-refractivity contribution >= 4 is 11.6 Å². The molecule has 0 saturated heterocycles. The Morgan fingerprint density at radius 1 is 1.16 bits per heavy atom. The summed E-state index contributed by atoms with van der Waals surface area (Å²) in [5.74, 6) is -0.00958. The molecule has 0 aliphatic carbocycles. The summed E-state index contributed by atoms with van der Waals surface area (Å²) in [5.41, 5.74) is 1.94. The average molecular weight is 264 g/mol. The molecule has 0 spiro atoms. The van der Waals surface area contributed by atoms with Crippen LogP contribution in [0.15, 0.2) is 24.3 Å². The molecular formula is C15H24N2O2. The van der Waals surface area contributed by atoms with Crippen molar-refractivity contribution in [3.05, 3.63) is 29.8 Å². The molecule has 0 atom stereocenters. The highest BCUT2D eigenvalue weighted by atomic mass is 16.2. The Hall–Kier alpha value is -1.39. The van der Waals surface area contributed by atoms with Gasteiger partial charge >= 0.3 is 0 Å². The minimum Gasteiger partial charge on any atom is -0.396 e. The number of aryl methyl sites for hydroxylation is 1. The van der Waals surface area contributed by atoms with Gasteiger partial charge in [-0.25, -0.2) is 0 Å². The molecule has 0 saturated carbocycles. The van der Waals surface area contributed by atoms with Crippen LogP contribution in [0.1, 0.15) is 31.2 Å². The van der Waals surface area contributed by atoms with E-state index in [9.17, 15) is 4.79 Å². The van der Waals surface area contributed by atoms with Crippen LogP contribution in [0.4, 0.5) is 5.69 Å². The van der Waals surface area contributed by atoms with Crippen molar-refractivity contribution in [2.24, 2.45) is 0 Å². The molecular weight excluding hydrogens is 240 g/mol. The Balaban J connectivity index is 2.10. The Morgan fingerprint density at radius 3 is 2.63 bits per heavy atom. The van der Waals surface area contributed by atoms with Crippen molar-refractivity contribution in [3.63, 3.8) is 0 Å². The van der Waals surface area contributed by atoms with Crippen molar-refractivity contribution in [2.45, 2.75) is 32.6 Å². The summed E-state index contributed by atoms with van der Waals surface area (Å²) >= 11 is 0. The number of anilines is 1. The van der Waals surface area contributed by atoms with Crippen LogP contribution >= 0.6 is 0 Å². The van der Waals surface area contributed by atoms with Crippen molar-refractivity contribution in [2.75, 3.05) is 25.0 Å². The van der Waals surface area contributed by atoms with Gasteiger partial charge in [-0.05, 0) is 37.9 Å². The predicted molar refractivity (Wildman–Crippen MR) is 78.2 cm³/mol. The number of rotatable bonds is 9. The zero-order valence-corrected chi connectivity index (χ0v) is 11.6. The highest BCUT2D eigenvalue weighted by molar-refractivity contribution is 5.92. The van der Waals surface area contributed by atoms with Crippen LogP contribution in [0.25, 0.3) is 0 Å². The van der Waals surface area contributed by atoms with Crippen LogP contribution in [0, 0.1) is 6.92 Å². The molecule has 0 aliphatic heterocycles. The van der Waals surface area contributed by atoms with E-state index in [-0.39, 0.29) is 12.5 Å². The van der Waals surface area contributed by atoms with Crippen LogP contribution in [0.3, 0.4) is 0 Å². The Morgan fingerprint density at radius 2 is 1.89 bits per heavy atom. The zero-order chi connectivity index (χ0) is 13.9. The molecule has 0 radical (unpaired) electrons. The molecule has 0 fully saturated rings. The third kappa shape index (κ3) is 6.94. The lowest BCUT2D eigenvalue weighted by molar-refractivity contribution is -0.115. The number of carbonyl (C=O) groups excluding carboxylic acids is 1. The second-order valence-corrected chi connectivity index (χ2v) is 4.68. The van der Waals surface area contributed by atoms with Crippen molar-refractivity contribution in [1.82, 2.24) is 5.32 Å². The molecule has 0 aliphatic rings. The normalized spacial score (nSPS) is 10.4. The second kappa shape index (κ2) is 9.53. The molecule has 0 bridgehead atoms. The predicted octanol–water partition coefficient (Wildman–Crippen LogP) is 2.08. The minimum atomic E-state index is -0.00958. The lowest BCUT2D eigenvalue weighted by Crippen LogP contribution is -2.28. The standard InChI is InChI=1S/C15H24N2O2/c1-13-8-4-5-9-14(13)17-15(19)12-16-10-6-2-3-7-11-18/h4-5,8-9,16,18H,2-3,6-7,10-12H2,1H3,(H,17,19). The molecule has 1 amide bonds. The Labute approximate surface area is 115 Å². The van der Waals surface area contributed by atoms with Gasteiger partial charge in [-0.3, -0.25) is 4.79 Å². The van der Waals surface area contributed by atoms with Gasteiger partial charge in [0.1, 0.15) is 0 Å². The highest BCUT2D eigenvalue weighted by Gasteiger charge is 2.03. The van der Waals surface area contributed by atoms with E-state index < -0.39 is 0 Å². The first kappa shape index (κ1) is 15.7. The van der Waals surface area contributed by atoms with E-state index in [0.29, 0.717) is 6.54 Å². The molecule has 19 heavy (non-hydrogen) atoms. The first-order chi connectivity index (χ1) is 9.24. The number of benzene rings is 1. The molecule has 0 unspecified atom stereocenters. The van der Waals surface area contributed by atoms with E-state index in [4.69, 9.17) is 5.11 Å². The minimum absolute atomic E-state index is 0.00958. The highest BCUT2D eigenvalue weighted by Crippen LogP contribution is 2.12. The van der Waals surface area contributed by atoms with Gasteiger partial charge in [0.15, 0.2) is 0 Å². The second-order valence-electron chi connectivity index (χ2n) is 4.68. The molecule has 1 rings (SSSR count). The summed E-state index contributed by atoms with van der Waals surface area (Å²) in [6.45, 7) is 3.43. The lowest BCUT2D eigenvalue weighted by atomic mass is 10.2. The topological polar surface area (TPSA) is 61.4 Å². The van der Waals surface area contributed by atoms with E-state index >= 15 is 0 Å². The molecule has 4 nitrogen and oxygen atoms in total. The average Bonchev–Trinajstić information content (AvgIpc) is 2.40. The van der Waals surface area contributed by atoms with Gasteiger partial charge in [0.25, 0.3) is 0 Å². The fourth-order valence-electron chi connectivity index (χ4n) is 1.82. The van der Waals surface area contributed by atoms with Crippen LogP contribution in [0.5, 0.6) is 0 Å². The number of hydrogen-bond donors (Lipinski definition) is 3. The molecule has 3 N–H and O–H groups in total. The molecule has 0 aromatic heterocycles. The third-order valence-electron chi connectivity index (χ3n) is 2.97. The number of nitrogens with one attached hydrogen (secondary N) is 2. The summed E-state index contributed by atoms with van der Waals surface area (Å²) in [6, 6.07) is 7.75. The summed E-state index contributed by atoms with van der Waals surface area (Å²) in [6.07, 6.45) is 4.05. The van der Waals surface area contributed by atoms with E-state index in [1.165, 1.54) is 0 Å². The maximum absolute atomic E-state index is 11.7. The molecule has 0 heterocycles. The summed E-state index contributed by atoms with van der Waals surface area (Å²) < 4.78 is 0. The van der Waals surface area contributed by atoms with Crippen molar-refractivity contribution < 1.29 is 9.90 Å². The number of unbranched alkanes of at least 4 members (excludes halogenated alkanes) is 3. The van der Waals surface area contributed by atoms with Gasteiger partial charge in [0, 0.05) is 12.3 Å². The van der Waals surface area contributed by atoms with E-state index in [1.54, 1.807) is 0 Å². The molecule has 1 aromatic rings. The number of carbonyl (C=O) groups is 1. The number of hydrogen-bond acceptors (Lipinski definition) is 3. The van der Waals surface area contributed by atoms with Gasteiger partial charge < -0.3 is 15.7 Å². The summed E-state index contributed by atoms with van der Waals surface area (Å²) in [4.78, 5) is 11.7. The monoisotopic (exact) mass is 264 g/mol. The smallest absolute Gasteiger partial charge is 0.238 e. The van der Waals surface area contributed by atoms with Gasteiger partial charge in [-0.15, -0.1) is 0 Å². The molecule has 106 valence electrons. The molecule has 1 aromatic carbocycles. The van der Waals surface area contributed by atoms with Gasteiger partial charge in [-0.1, -0.05) is 31.0 Å². The van der Waals surface area contributed by atoms with Gasteiger partial charge in [0.2, 0.25) is 5.91 Å². The fraction of sp³-hybridized carbons (Fsp3) is 0.533. The molecule has 4 heteroatoms. The van der Waals surface area contributed by atoms with Crippen molar-refractivity contribution in [1.29, 1.82) is 0 Å². The third-order valence-corrected chi connectivity index (χ3v) is 2.97. The van der Waals surface area contributed by atoms with E-state index in [1.807, 2.05) is 31.2 Å². The van der Waals surface area contributed by atoms with E-state index in [0.717, 1.165) is 43.5 Å². The van der Waals surface area contributed by atoms with Gasteiger partial charge in [-0.2, -0.15) is 0 Å². The summed E-state index contributed by atoms with van der Waals surface area (Å²) in [7, 11) is 0. The van der Waals surface area contributed by atoms with Crippen LogP contribution < -0.4 is 10.6 Å². The maximum atomic E-state index is 11.7. The number of para-hydroxylation sites is 1. The largest absolute Gasteiger partial charge is 0.396 e. The van der Waals surface area contributed by atoms with Crippen LogP contribution in [-0.2, 0) is 4.79 Å². The fourth-order valence-corrected chi connectivity index (χ4v) is 1.82. The SMILES string of the molecule is Cc1ccccc1NC(=O)CNCCCCCCO. The maximum Gasteiger partial charge on any atom is 0.238 e.